The van der Waals surface area contributed by atoms with Gasteiger partial charge in [-0.05, 0) is 71.1 Å². The Balaban J connectivity index is 1.23. The zero-order chi connectivity index (χ0) is 30.6. The van der Waals surface area contributed by atoms with E-state index in [1.807, 2.05) is 60.7 Å². The number of hydrogen-bond donors (Lipinski definition) is 3. The van der Waals surface area contributed by atoms with E-state index in [1.165, 1.54) is 0 Å². The molecule has 1 unspecified atom stereocenters. The average molecular weight is 609 g/mol. The van der Waals surface area contributed by atoms with Crippen molar-refractivity contribution in [1.82, 2.24) is 10.3 Å². The van der Waals surface area contributed by atoms with Crippen LogP contribution >= 0.6 is 11.6 Å². The molecule has 8 nitrogen and oxygen atoms in total. The summed E-state index contributed by atoms with van der Waals surface area (Å²) in [4.78, 5) is 30.6. The number of methoxy groups -OCH3 is 1. The van der Waals surface area contributed by atoms with Gasteiger partial charge in [-0.1, -0.05) is 54.1 Å². The van der Waals surface area contributed by atoms with Crippen molar-refractivity contribution in [2.75, 3.05) is 25.1 Å². The predicted octanol–water partition coefficient (Wildman–Crippen LogP) is 7.08. The van der Waals surface area contributed by atoms with E-state index in [0.29, 0.717) is 16.3 Å². The molecule has 0 spiro atoms. The summed E-state index contributed by atoms with van der Waals surface area (Å²) in [5.74, 6) is 0.395. The lowest BCUT2D eigenvalue weighted by molar-refractivity contribution is 0.0910. The van der Waals surface area contributed by atoms with E-state index in [9.17, 15) is 9.59 Å². The lowest BCUT2D eigenvalue weighted by atomic mass is 9.99. The topological polar surface area (TPSA) is 110 Å². The molecule has 4 aromatic carbocycles. The number of carbonyl (C=O) groups is 2. The van der Waals surface area contributed by atoms with E-state index >= 15 is 0 Å². The molecule has 44 heavy (non-hydrogen) atoms. The highest BCUT2D eigenvalue weighted by Gasteiger charge is 2.24. The summed E-state index contributed by atoms with van der Waals surface area (Å²) in [5, 5.41) is 4.80. The molecule has 2 amide bonds. The van der Waals surface area contributed by atoms with Crippen LogP contribution < -0.4 is 20.7 Å². The summed E-state index contributed by atoms with van der Waals surface area (Å²) in [7, 11) is 1.60. The molecule has 224 valence electrons. The van der Waals surface area contributed by atoms with Gasteiger partial charge in [-0.3, -0.25) is 4.79 Å². The van der Waals surface area contributed by atoms with Gasteiger partial charge in [0.2, 0.25) is 0 Å². The van der Waals surface area contributed by atoms with Crippen molar-refractivity contribution in [3.05, 3.63) is 119 Å². The minimum Gasteiger partial charge on any atom is -0.496 e. The Kier molecular flexibility index (Phi) is 8.43. The van der Waals surface area contributed by atoms with Gasteiger partial charge in [-0.2, -0.15) is 0 Å². The van der Waals surface area contributed by atoms with Crippen LogP contribution in [-0.4, -0.2) is 43.3 Å². The van der Waals surface area contributed by atoms with Crippen molar-refractivity contribution < 1.29 is 19.1 Å². The molecular weight excluding hydrogens is 576 g/mol. The first-order chi connectivity index (χ1) is 21.4. The van der Waals surface area contributed by atoms with Gasteiger partial charge in [0.05, 0.1) is 13.2 Å². The van der Waals surface area contributed by atoms with Gasteiger partial charge in [0.1, 0.15) is 11.9 Å². The second kappa shape index (κ2) is 12.7. The largest absolute Gasteiger partial charge is 0.496 e. The lowest BCUT2D eigenvalue weighted by Gasteiger charge is -2.33. The van der Waals surface area contributed by atoms with E-state index in [2.05, 4.69) is 39.5 Å². The maximum absolute atomic E-state index is 13.8. The lowest BCUT2D eigenvalue weighted by Crippen LogP contribution is -2.38. The number of piperidine rings is 1. The number of aromatic nitrogens is 1. The van der Waals surface area contributed by atoms with Gasteiger partial charge >= 0.3 is 6.09 Å². The van der Waals surface area contributed by atoms with Crippen molar-refractivity contribution in [3.8, 4) is 16.9 Å². The van der Waals surface area contributed by atoms with E-state index < -0.39 is 12.1 Å². The van der Waals surface area contributed by atoms with Crippen molar-refractivity contribution in [2.45, 2.75) is 25.0 Å². The van der Waals surface area contributed by atoms with Crippen LogP contribution in [0.3, 0.4) is 0 Å². The molecule has 1 aromatic heterocycles. The number of primary amides is 1. The zero-order valence-corrected chi connectivity index (χ0v) is 25.0. The van der Waals surface area contributed by atoms with E-state index in [4.69, 9.17) is 26.8 Å². The Morgan fingerprint density at radius 3 is 2.43 bits per heavy atom. The number of nitrogens with zero attached hydrogens (tertiary/aromatic N) is 1. The highest BCUT2D eigenvalue weighted by atomic mass is 35.5. The molecule has 1 aliphatic heterocycles. The van der Waals surface area contributed by atoms with Crippen LogP contribution in [0.2, 0.25) is 5.02 Å². The van der Waals surface area contributed by atoms with Gasteiger partial charge in [-0.25, -0.2) is 4.79 Å². The summed E-state index contributed by atoms with van der Waals surface area (Å²) in [6.07, 6.45) is 0.624. The number of amides is 2. The monoisotopic (exact) mass is 608 g/mol. The second-order valence-electron chi connectivity index (χ2n) is 10.9. The highest BCUT2D eigenvalue weighted by molar-refractivity contribution is 6.30. The summed E-state index contributed by atoms with van der Waals surface area (Å²) in [5.41, 5.74) is 11.3. The number of para-hydroxylation sites is 1. The number of rotatable bonds is 8. The second-order valence-corrected chi connectivity index (χ2v) is 11.3. The number of anilines is 1. The van der Waals surface area contributed by atoms with Gasteiger partial charge in [-0.15, -0.1) is 0 Å². The van der Waals surface area contributed by atoms with Gasteiger partial charge in [0.25, 0.3) is 5.91 Å². The molecule has 4 N–H and O–H groups in total. The minimum absolute atomic E-state index is 0.132. The van der Waals surface area contributed by atoms with Crippen LogP contribution in [0.5, 0.6) is 5.75 Å². The molecule has 2 heterocycles. The van der Waals surface area contributed by atoms with Gasteiger partial charge in [0.15, 0.2) is 0 Å². The maximum atomic E-state index is 13.8. The van der Waals surface area contributed by atoms with E-state index in [0.717, 1.165) is 64.9 Å². The first-order valence-electron chi connectivity index (χ1n) is 14.5. The highest BCUT2D eigenvalue weighted by Crippen LogP contribution is 2.34. The molecule has 1 saturated heterocycles. The Bertz CT molecular complexity index is 1760. The van der Waals surface area contributed by atoms with Gasteiger partial charge < -0.3 is 30.4 Å². The third-order valence-corrected chi connectivity index (χ3v) is 8.29. The van der Waals surface area contributed by atoms with Gasteiger partial charge in [0, 0.05) is 59.0 Å². The first kappa shape index (κ1) is 29.1. The predicted molar refractivity (Wildman–Crippen MR) is 173 cm³/mol. The van der Waals surface area contributed by atoms with Crippen LogP contribution in [0.25, 0.3) is 22.0 Å². The average Bonchev–Trinajstić information content (AvgIpc) is 3.48. The summed E-state index contributed by atoms with van der Waals surface area (Å²) in [6.45, 7) is 1.56. The number of nitrogens with two attached hydrogens (primary N) is 1. The fourth-order valence-electron chi connectivity index (χ4n) is 5.82. The fraction of sp³-hybridized carbons (Fsp3) is 0.200. The van der Waals surface area contributed by atoms with Crippen LogP contribution in [0.1, 0.15) is 40.5 Å². The van der Waals surface area contributed by atoms with Crippen LogP contribution in [0.4, 0.5) is 10.5 Å². The molecule has 0 aliphatic carbocycles. The molecule has 0 radical (unpaired) electrons. The SMILES string of the molecule is COc1ccc(Cl)cc1C(NC(=O)c1cccc(-c2ccc(N3CCC(OC(N)=O)CC3)cc2)c1)c1cc2ccccc2[nH]1. The van der Waals surface area contributed by atoms with E-state index in [1.54, 1.807) is 19.2 Å². The number of aromatic amines is 1. The summed E-state index contributed by atoms with van der Waals surface area (Å²) < 4.78 is 10.8. The third kappa shape index (κ3) is 6.35. The Hall–Kier alpha value is -4.95. The molecule has 1 atom stereocenters. The number of ether oxygens (including phenoxy) is 2. The minimum atomic E-state index is -0.721. The molecule has 0 bridgehead atoms. The number of carbonyl (C=O) groups excluding carboxylic acids is 2. The quantitative estimate of drug-likeness (QED) is 0.174. The Morgan fingerprint density at radius 1 is 0.932 bits per heavy atom. The van der Waals surface area contributed by atoms with Crippen LogP contribution in [0, 0.1) is 0 Å². The number of nitrogens with one attached hydrogen (secondary N) is 2. The van der Waals surface area contributed by atoms with Crippen LogP contribution in [-0.2, 0) is 4.74 Å². The zero-order valence-electron chi connectivity index (χ0n) is 24.3. The number of H-pyrrole nitrogens is 1. The maximum Gasteiger partial charge on any atom is 0.404 e. The molecule has 5 aromatic rings. The molecule has 9 heteroatoms. The van der Waals surface area contributed by atoms with Crippen molar-refractivity contribution in [1.29, 1.82) is 0 Å². The number of halogens is 1. The molecular formula is C35H33ClN4O4. The number of fused-ring (bicyclic) bond motifs is 1. The van der Waals surface area contributed by atoms with Crippen molar-refractivity contribution in [2.24, 2.45) is 5.73 Å². The summed E-state index contributed by atoms with van der Waals surface area (Å²) >= 11 is 6.41. The van der Waals surface area contributed by atoms with Crippen molar-refractivity contribution >= 4 is 40.2 Å². The third-order valence-electron chi connectivity index (χ3n) is 8.06. The van der Waals surface area contributed by atoms with E-state index in [-0.39, 0.29) is 12.0 Å². The fourth-order valence-corrected chi connectivity index (χ4v) is 6.00. The normalized spacial score (nSPS) is 14.3. The number of hydrogen-bond acceptors (Lipinski definition) is 5. The number of benzene rings is 4. The standard InChI is InChI=1S/C35H33ClN4O4/c1-43-32-14-11-26(36)21-29(32)33(31-20-24-5-2-3-8-30(24)38-31)39-34(41)25-7-4-6-23(19-25)22-9-12-27(13-10-22)40-17-15-28(16-18-40)44-35(37)42/h2-14,19-21,28,33,38H,15-18H2,1H3,(H2,37,42)(H,39,41). The Morgan fingerprint density at radius 2 is 1.70 bits per heavy atom. The van der Waals surface area contributed by atoms with Crippen molar-refractivity contribution in [3.63, 3.8) is 0 Å². The molecule has 1 fully saturated rings. The molecule has 0 saturated carbocycles. The smallest absolute Gasteiger partial charge is 0.404 e. The summed E-state index contributed by atoms with van der Waals surface area (Å²) in [6, 6.07) is 30.7. The molecule has 6 rings (SSSR count). The Labute approximate surface area is 260 Å². The molecule has 1 aliphatic rings. The first-order valence-corrected chi connectivity index (χ1v) is 14.9. The van der Waals surface area contributed by atoms with Crippen LogP contribution in [0.15, 0.2) is 97.1 Å².